The second kappa shape index (κ2) is 7.13. The number of carbonyl (C=O) groups excluding carboxylic acids is 1. The number of fused-ring (bicyclic) bond motifs is 1. The maximum absolute atomic E-state index is 12.4. The average molecular weight is 356 g/mol. The van der Waals surface area contributed by atoms with Gasteiger partial charge >= 0.3 is 0 Å². The SMILES string of the molecule is COc1ccc2c(c1)CCCC2(O)CNC(=O)c1cccc([N+](=O)[O-])c1. The van der Waals surface area contributed by atoms with Crippen molar-refractivity contribution in [2.75, 3.05) is 13.7 Å². The average Bonchev–Trinajstić information content (AvgIpc) is 2.66. The number of nitrogens with zero attached hydrogens (tertiary/aromatic N) is 1. The zero-order valence-corrected chi connectivity index (χ0v) is 14.4. The molecule has 2 aromatic rings. The van der Waals surface area contributed by atoms with Crippen molar-refractivity contribution in [3.8, 4) is 5.75 Å². The fraction of sp³-hybridized carbons (Fsp3) is 0.316. The number of methoxy groups -OCH3 is 1. The summed E-state index contributed by atoms with van der Waals surface area (Å²) in [5.74, 6) is 0.274. The number of nitro benzene ring substituents is 1. The van der Waals surface area contributed by atoms with Gasteiger partial charge in [0.2, 0.25) is 0 Å². The van der Waals surface area contributed by atoms with Gasteiger partial charge in [-0.05, 0) is 48.6 Å². The number of carbonyl (C=O) groups is 1. The molecule has 2 aromatic carbocycles. The van der Waals surface area contributed by atoms with Gasteiger partial charge in [-0.2, -0.15) is 0 Å². The second-order valence-electron chi connectivity index (χ2n) is 6.40. The molecular weight excluding hydrogens is 336 g/mol. The molecule has 0 bridgehead atoms. The molecule has 0 spiro atoms. The molecule has 1 atom stereocenters. The van der Waals surface area contributed by atoms with E-state index in [2.05, 4.69) is 5.32 Å². The van der Waals surface area contributed by atoms with Crippen LogP contribution in [0.15, 0.2) is 42.5 Å². The summed E-state index contributed by atoms with van der Waals surface area (Å²) in [7, 11) is 1.59. The minimum absolute atomic E-state index is 0.0356. The molecule has 0 saturated heterocycles. The first-order valence-corrected chi connectivity index (χ1v) is 8.35. The van der Waals surface area contributed by atoms with Crippen molar-refractivity contribution in [3.63, 3.8) is 0 Å². The van der Waals surface area contributed by atoms with Gasteiger partial charge < -0.3 is 15.2 Å². The third-order valence-corrected chi connectivity index (χ3v) is 4.71. The third kappa shape index (κ3) is 3.52. The highest BCUT2D eigenvalue weighted by Gasteiger charge is 2.35. The molecule has 0 heterocycles. The molecular formula is C19H20N2O5. The van der Waals surface area contributed by atoms with Gasteiger partial charge in [0, 0.05) is 17.7 Å². The van der Waals surface area contributed by atoms with E-state index in [1.54, 1.807) is 13.2 Å². The number of hydrogen-bond donors (Lipinski definition) is 2. The second-order valence-corrected chi connectivity index (χ2v) is 6.40. The predicted molar refractivity (Wildman–Crippen MR) is 95.3 cm³/mol. The maximum atomic E-state index is 12.4. The molecule has 0 aliphatic heterocycles. The van der Waals surface area contributed by atoms with Gasteiger partial charge in [0.15, 0.2) is 0 Å². The molecule has 7 heteroatoms. The normalized spacial score (nSPS) is 18.7. The molecule has 7 nitrogen and oxygen atoms in total. The highest BCUT2D eigenvalue weighted by Crippen LogP contribution is 2.36. The van der Waals surface area contributed by atoms with E-state index >= 15 is 0 Å². The van der Waals surface area contributed by atoms with Crippen LogP contribution in [0.3, 0.4) is 0 Å². The van der Waals surface area contributed by atoms with Crippen LogP contribution in [0.5, 0.6) is 5.75 Å². The maximum Gasteiger partial charge on any atom is 0.270 e. The number of nitrogens with one attached hydrogen (secondary N) is 1. The number of benzene rings is 2. The van der Waals surface area contributed by atoms with Crippen molar-refractivity contribution in [2.24, 2.45) is 0 Å². The van der Waals surface area contributed by atoms with Crippen LogP contribution in [0.4, 0.5) is 5.69 Å². The van der Waals surface area contributed by atoms with Crippen molar-refractivity contribution in [2.45, 2.75) is 24.9 Å². The topological polar surface area (TPSA) is 102 Å². The quantitative estimate of drug-likeness (QED) is 0.633. The Morgan fingerprint density at radius 3 is 2.88 bits per heavy atom. The van der Waals surface area contributed by atoms with Crippen LogP contribution in [0.25, 0.3) is 0 Å². The first-order chi connectivity index (χ1) is 12.4. The number of aryl methyl sites for hydroxylation is 1. The van der Waals surface area contributed by atoms with Crippen molar-refractivity contribution >= 4 is 11.6 Å². The van der Waals surface area contributed by atoms with E-state index < -0.39 is 16.4 Å². The Morgan fingerprint density at radius 1 is 1.35 bits per heavy atom. The van der Waals surface area contributed by atoms with Crippen LogP contribution in [0, 0.1) is 10.1 Å². The van der Waals surface area contributed by atoms with Gasteiger partial charge in [0.25, 0.3) is 11.6 Å². The minimum Gasteiger partial charge on any atom is -0.497 e. The molecule has 0 saturated carbocycles. The summed E-state index contributed by atoms with van der Waals surface area (Å²) >= 11 is 0. The highest BCUT2D eigenvalue weighted by molar-refractivity contribution is 5.94. The Kier molecular flexibility index (Phi) is 4.90. The summed E-state index contributed by atoms with van der Waals surface area (Å²) in [4.78, 5) is 22.7. The molecule has 1 unspecified atom stereocenters. The van der Waals surface area contributed by atoms with Gasteiger partial charge in [-0.25, -0.2) is 0 Å². The van der Waals surface area contributed by atoms with Crippen molar-refractivity contribution in [1.82, 2.24) is 5.32 Å². The van der Waals surface area contributed by atoms with Crippen LogP contribution in [-0.4, -0.2) is 29.6 Å². The largest absolute Gasteiger partial charge is 0.497 e. The number of nitro groups is 1. The zero-order chi connectivity index (χ0) is 18.7. The van der Waals surface area contributed by atoms with Crippen molar-refractivity contribution in [3.05, 3.63) is 69.3 Å². The number of hydrogen-bond acceptors (Lipinski definition) is 5. The van der Waals surface area contributed by atoms with E-state index in [0.717, 1.165) is 29.7 Å². The summed E-state index contributed by atoms with van der Waals surface area (Å²) in [5, 5.41) is 24.6. The molecule has 2 N–H and O–H groups in total. The minimum atomic E-state index is -1.17. The Bertz CT molecular complexity index is 852. The Labute approximate surface area is 150 Å². The molecule has 1 aliphatic carbocycles. The van der Waals surface area contributed by atoms with Crippen molar-refractivity contribution < 1.29 is 19.6 Å². The third-order valence-electron chi connectivity index (χ3n) is 4.71. The fourth-order valence-corrected chi connectivity index (χ4v) is 3.34. The van der Waals surface area contributed by atoms with Crippen LogP contribution in [-0.2, 0) is 12.0 Å². The van der Waals surface area contributed by atoms with Crippen LogP contribution in [0.1, 0.15) is 34.3 Å². The number of aliphatic hydroxyl groups is 1. The van der Waals surface area contributed by atoms with E-state index in [-0.39, 0.29) is 17.8 Å². The number of amides is 1. The molecule has 1 amide bonds. The number of rotatable bonds is 5. The Balaban J connectivity index is 1.76. The van der Waals surface area contributed by atoms with Gasteiger partial charge in [-0.1, -0.05) is 12.1 Å². The zero-order valence-electron chi connectivity index (χ0n) is 14.4. The van der Waals surface area contributed by atoms with Crippen LogP contribution >= 0.6 is 0 Å². The van der Waals surface area contributed by atoms with Gasteiger partial charge in [-0.3, -0.25) is 14.9 Å². The lowest BCUT2D eigenvalue weighted by Crippen LogP contribution is -2.43. The van der Waals surface area contributed by atoms with E-state index in [0.29, 0.717) is 6.42 Å². The van der Waals surface area contributed by atoms with E-state index in [4.69, 9.17) is 4.74 Å². The van der Waals surface area contributed by atoms with E-state index in [9.17, 15) is 20.0 Å². The van der Waals surface area contributed by atoms with Gasteiger partial charge in [-0.15, -0.1) is 0 Å². The summed E-state index contributed by atoms with van der Waals surface area (Å²) in [6.07, 6.45) is 2.17. The summed E-state index contributed by atoms with van der Waals surface area (Å²) in [6.45, 7) is 0.0356. The highest BCUT2D eigenvalue weighted by atomic mass is 16.6. The molecule has 0 aromatic heterocycles. The summed E-state index contributed by atoms with van der Waals surface area (Å²) in [6, 6.07) is 11.0. The predicted octanol–water partition coefficient (Wildman–Crippen LogP) is 2.56. The standard InChI is InChI=1S/C19H20N2O5/c1-26-16-7-8-17-13(11-16)5-3-9-19(17,23)12-20-18(22)14-4-2-6-15(10-14)21(24)25/h2,4,6-8,10-11,23H,3,5,9,12H2,1H3,(H,20,22). The lowest BCUT2D eigenvalue weighted by Gasteiger charge is -2.35. The monoisotopic (exact) mass is 356 g/mol. The van der Waals surface area contributed by atoms with Crippen molar-refractivity contribution in [1.29, 1.82) is 0 Å². The van der Waals surface area contributed by atoms with Crippen LogP contribution in [0.2, 0.25) is 0 Å². The lowest BCUT2D eigenvalue weighted by molar-refractivity contribution is -0.384. The van der Waals surface area contributed by atoms with Crippen LogP contribution < -0.4 is 10.1 Å². The summed E-state index contributed by atoms with van der Waals surface area (Å²) in [5.41, 5.74) is 0.655. The van der Waals surface area contributed by atoms with E-state index in [1.807, 2.05) is 12.1 Å². The smallest absolute Gasteiger partial charge is 0.270 e. The summed E-state index contributed by atoms with van der Waals surface area (Å²) < 4.78 is 5.23. The Hall–Kier alpha value is -2.93. The molecule has 0 fully saturated rings. The molecule has 136 valence electrons. The Morgan fingerprint density at radius 2 is 2.15 bits per heavy atom. The molecule has 3 rings (SSSR count). The van der Waals surface area contributed by atoms with Gasteiger partial charge in [0.05, 0.1) is 18.6 Å². The first kappa shape index (κ1) is 17.9. The number of ether oxygens (including phenoxy) is 1. The molecule has 1 aliphatic rings. The molecule has 0 radical (unpaired) electrons. The number of non-ortho nitro benzene ring substituents is 1. The van der Waals surface area contributed by atoms with Gasteiger partial charge in [0.1, 0.15) is 11.4 Å². The molecule has 26 heavy (non-hydrogen) atoms. The lowest BCUT2D eigenvalue weighted by atomic mass is 9.79. The fourth-order valence-electron chi connectivity index (χ4n) is 3.34. The first-order valence-electron chi connectivity index (χ1n) is 8.35. The van der Waals surface area contributed by atoms with E-state index in [1.165, 1.54) is 24.3 Å².